The van der Waals surface area contributed by atoms with Crippen LogP contribution in [0.3, 0.4) is 0 Å². The van der Waals surface area contributed by atoms with Crippen molar-refractivity contribution in [3.05, 3.63) is 36.5 Å². The van der Waals surface area contributed by atoms with Crippen LogP contribution in [0, 0.1) is 0 Å². The normalized spacial score (nSPS) is 24.0. The highest BCUT2D eigenvalue weighted by Crippen LogP contribution is 2.26. The van der Waals surface area contributed by atoms with Gasteiger partial charge in [-0.15, -0.1) is 0 Å². The van der Waals surface area contributed by atoms with Crippen molar-refractivity contribution >= 4 is 11.8 Å². The SMILES string of the molecule is COC(=O)c1ccc(N2C[C@@H]3OCC(n4cncn4)CO[C@H]3C2)nc1. The van der Waals surface area contributed by atoms with Gasteiger partial charge in [0.1, 0.15) is 36.7 Å². The molecular weight excluding hydrogens is 326 g/mol. The summed E-state index contributed by atoms with van der Waals surface area (Å²) in [4.78, 5) is 21.9. The first-order chi connectivity index (χ1) is 12.2. The van der Waals surface area contributed by atoms with E-state index < -0.39 is 5.97 Å². The van der Waals surface area contributed by atoms with Crippen molar-refractivity contribution in [2.75, 3.05) is 38.3 Å². The van der Waals surface area contributed by atoms with E-state index in [0.29, 0.717) is 31.9 Å². The quantitative estimate of drug-likeness (QED) is 0.734. The number of carbonyl (C=O) groups is 1. The van der Waals surface area contributed by atoms with Gasteiger partial charge in [-0.25, -0.2) is 19.4 Å². The smallest absolute Gasteiger partial charge is 0.339 e. The second kappa shape index (κ2) is 6.77. The first-order valence-corrected chi connectivity index (χ1v) is 8.11. The Bertz CT molecular complexity index is 705. The van der Waals surface area contributed by atoms with Gasteiger partial charge in [-0.2, -0.15) is 5.10 Å². The minimum absolute atomic E-state index is 0.0180. The molecule has 0 unspecified atom stereocenters. The van der Waals surface area contributed by atoms with Gasteiger partial charge in [-0.3, -0.25) is 0 Å². The molecule has 2 saturated heterocycles. The number of ether oxygens (including phenoxy) is 3. The molecule has 25 heavy (non-hydrogen) atoms. The number of hydrogen-bond acceptors (Lipinski definition) is 8. The minimum atomic E-state index is -0.392. The van der Waals surface area contributed by atoms with E-state index in [1.807, 2.05) is 6.07 Å². The van der Waals surface area contributed by atoms with Gasteiger partial charge < -0.3 is 19.1 Å². The molecule has 4 heterocycles. The van der Waals surface area contributed by atoms with Crippen LogP contribution >= 0.6 is 0 Å². The summed E-state index contributed by atoms with van der Waals surface area (Å²) in [7, 11) is 1.35. The van der Waals surface area contributed by atoms with Crippen LogP contribution < -0.4 is 4.90 Å². The van der Waals surface area contributed by atoms with Crippen LogP contribution in [0.4, 0.5) is 5.82 Å². The van der Waals surface area contributed by atoms with Crippen molar-refractivity contribution < 1.29 is 19.0 Å². The number of fused-ring (bicyclic) bond motifs is 1. The average Bonchev–Trinajstić information content (AvgIpc) is 3.28. The Morgan fingerprint density at radius 2 is 2.00 bits per heavy atom. The maximum atomic E-state index is 11.5. The van der Waals surface area contributed by atoms with Gasteiger partial charge in [-0.05, 0) is 12.1 Å². The molecule has 2 aromatic rings. The lowest BCUT2D eigenvalue weighted by Crippen LogP contribution is -2.27. The maximum Gasteiger partial charge on any atom is 0.339 e. The highest BCUT2D eigenvalue weighted by atomic mass is 16.6. The highest BCUT2D eigenvalue weighted by molar-refractivity contribution is 5.89. The number of hydrogen-bond donors (Lipinski definition) is 0. The van der Waals surface area contributed by atoms with Crippen molar-refractivity contribution in [3.8, 4) is 0 Å². The number of methoxy groups -OCH3 is 1. The Morgan fingerprint density at radius 1 is 1.24 bits per heavy atom. The second-order valence-electron chi connectivity index (χ2n) is 6.07. The molecule has 2 aliphatic heterocycles. The molecule has 2 fully saturated rings. The van der Waals surface area contributed by atoms with Gasteiger partial charge in [0.25, 0.3) is 0 Å². The molecule has 2 atom stereocenters. The maximum absolute atomic E-state index is 11.5. The fourth-order valence-electron chi connectivity index (χ4n) is 3.14. The zero-order valence-electron chi connectivity index (χ0n) is 13.8. The highest BCUT2D eigenvalue weighted by Gasteiger charge is 2.38. The first kappa shape index (κ1) is 16.0. The van der Waals surface area contributed by atoms with Crippen molar-refractivity contribution in [1.29, 1.82) is 0 Å². The molecule has 2 aromatic heterocycles. The van der Waals surface area contributed by atoms with Crippen molar-refractivity contribution in [3.63, 3.8) is 0 Å². The van der Waals surface area contributed by atoms with Gasteiger partial charge in [0, 0.05) is 19.3 Å². The van der Waals surface area contributed by atoms with E-state index in [2.05, 4.69) is 24.7 Å². The van der Waals surface area contributed by atoms with Crippen molar-refractivity contribution in [2.45, 2.75) is 18.2 Å². The fraction of sp³-hybridized carbons (Fsp3) is 0.500. The number of pyridine rings is 1. The standard InChI is InChI=1S/C16H19N5O4/c1-23-16(22)11-2-3-15(18-4-11)20-5-13-14(6-20)25-8-12(7-24-13)21-10-17-9-19-21/h2-4,9-10,12-14H,5-8H2,1H3/t13-,14-/m0/s1. The summed E-state index contributed by atoms with van der Waals surface area (Å²) >= 11 is 0. The average molecular weight is 345 g/mol. The Labute approximate surface area is 144 Å². The Hall–Kier alpha value is -2.52. The van der Waals surface area contributed by atoms with Crippen molar-refractivity contribution in [2.24, 2.45) is 0 Å². The monoisotopic (exact) mass is 345 g/mol. The summed E-state index contributed by atoms with van der Waals surface area (Å²) in [6, 6.07) is 3.57. The van der Waals surface area contributed by atoms with Gasteiger partial charge >= 0.3 is 5.97 Å². The summed E-state index contributed by atoms with van der Waals surface area (Å²) < 4.78 is 18.5. The number of aromatic nitrogens is 4. The predicted octanol–water partition coefficient (Wildman–Crippen LogP) is 0.305. The van der Waals surface area contributed by atoms with E-state index in [0.717, 1.165) is 5.82 Å². The first-order valence-electron chi connectivity index (χ1n) is 8.11. The number of nitrogens with zero attached hydrogens (tertiary/aromatic N) is 5. The number of esters is 1. The van der Waals surface area contributed by atoms with E-state index in [9.17, 15) is 4.79 Å². The largest absolute Gasteiger partial charge is 0.465 e. The van der Waals surface area contributed by atoms with Crippen LogP contribution in [-0.2, 0) is 14.2 Å². The molecular formula is C16H19N5O4. The third-order valence-electron chi connectivity index (χ3n) is 4.52. The summed E-state index contributed by atoms with van der Waals surface area (Å²) in [5.41, 5.74) is 0.433. The molecule has 0 N–H and O–H groups in total. The van der Waals surface area contributed by atoms with E-state index in [4.69, 9.17) is 9.47 Å². The molecule has 9 nitrogen and oxygen atoms in total. The molecule has 0 spiro atoms. The molecule has 0 aliphatic carbocycles. The summed E-state index contributed by atoms with van der Waals surface area (Å²) in [6.07, 6.45) is 4.68. The van der Waals surface area contributed by atoms with E-state index in [1.165, 1.54) is 19.6 Å². The van der Waals surface area contributed by atoms with Crippen LogP contribution in [0.5, 0.6) is 0 Å². The molecule has 132 valence electrons. The number of anilines is 1. The lowest BCUT2D eigenvalue weighted by atomic mass is 10.3. The molecule has 0 amide bonds. The van der Waals surface area contributed by atoms with Crippen LogP contribution in [-0.4, -0.2) is 71.3 Å². The number of carbonyl (C=O) groups excluding carboxylic acids is 1. The van der Waals surface area contributed by atoms with E-state index in [1.54, 1.807) is 17.1 Å². The zero-order valence-corrected chi connectivity index (χ0v) is 13.8. The van der Waals surface area contributed by atoms with Crippen LogP contribution in [0.15, 0.2) is 31.0 Å². The third-order valence-corrected chi connectivity index (χ3v) is 4.52. The Balaban J connectivity index is 1.40. The molecule has 0 saturated carbocycles. The lowest BCUT2D eigenvalue weighted by molar-refractivity contribution is -0.00461. The second-order valence-corrected chi connectivity index (χ2v) is 6.07. The van der Waals surface area contributed by atoms with E-state index in [-0.39, 0.29) is 18.2 Å². The van der Waals surface area contributed by atoms with Crippen LogP contribution in [0.25, 0.3) is 0 Å². The van der Waals surface area contributed by atoms with Gasteiger partial charge in [0.2, 0.25) is 0 Å². The molecule has 0 bridgehead atoms. The summed E-state index contributed by atoms with van der Waals surface area (Å²) in [6.45, 7) is 2.46. The topological polar surface area (TPSA) is 91.6 Å². The van der Waals surface area contributed by atoms with Crippen LogP contribution in [0.1, 0.15) is 16.4 Å². The van der Waals surface area contributed by atoms with E-state index >= 15 is 0 Å². The molecule has 9 heteroatoms. The zero-order chi connectivity index (χ0) is 17.2. The fourth-order valence-corrected chi connectivity index (χ4v) is 3.14. The number of rotatable bonds is 3. The minimum Gasteiger partial charge on any atom is -0.465 e. The lowest BCUT2D eigenvalue weighted by Gasteiger charge is -2.19. The summed E-state index contributed by atoms with van der Waals surface area (Å²) in [5.74, 6) is 0.400. The van der Waals surface area contributed by atoms with Crippen molar-refractivity contribution in [1.82, 2.24) is 19.7 Å². The van der Waals surface area contributed by atoms with Crippen LogP contribution in [0.2, 0.25) is 0 Å². The van der Waals surface area contributed by atoms with Gasteiger partial charge in [0.15, 0.2) is 0 Å². The Kier molecular flexibility index (Phi) is 4.33. The molecule has 4 rings (SSSR count). The third kappa shape index (κ3) is 3.20. The van der Waals surface area contributed by atoms with Gasteiger partial charge in [-0.1, -0.05) is 0 Å². The van der Waals surface area contributed by atoms with Gasteiger partial charge in [0.05, 0.1) is 25.9 Å². The molecule has 2 aliphatic rings. The summed E-state index contributed by atoms with van der Waals surface area (Å²) in [5, 5.41) is 4.15. The molecule has 0 aromatic carbocycles. The Morgan fingerprint density at radius 3 is 2.56 bits per heavy atom. The predicted molar refractivity (Wildman–Crippen MR) is 86.3 cm³/mol. The molecule has 0 radical (unpaired) electrons.